The van der Waals surface area contributed by atoms with Gasteiger partial charge in [0.25, 0.3) is 0 Å². The number of carbonyl (C=O) groups is 1. The highest BCUT2D eigenvalue weighted by Crippen LogP contribution is 2.28. The van der Waals surface area contributed by atoms with Gasteiger partial charge < -0.3 is 9.47 Å². The van der Waals surface area contributed by atoms with E-state index in [9.17, 15) is 18.0 Å². The molecular formula is C15H11F3N4O3. The van der Waals surface area contributed by atoms with E-state index in [1.165, 1.54) is 30.5 Å². The summed E-state index contributed by atoms with van der Waals surface area (Å²) in [4.78, 5) is 16.0. The van der Waals surface area contributed by atoms with Crippen molar-refractivity contribution in [2.24, 2.45) is 0 Å². The summed E-state index contributed by atoms with van der Waals surface area (Å²) in [6, 6.07) is 5.34. The number of nitrogens with one attached hydrogen (secondary N) is 1. The number of hydrogen-bond acceptors (Lipinski definition) is 6. The highest BCUT2D eigenvalue weighted by atomic mass is 19.4. The van der Waals surface area contributed by atoms with Crippen LogP contribution in [-0.2, 0) is 4.74 Å². The maximum atomic E-state index is 12.3. The SMILES string of the molecule is CCOC(=O)c1[nH]nnc1-c1cc2cc(OC(F)(F)F)ccc2cn1. The summed E-state index contributed by atoms with van der Waals surface area (Å²) in [5.74, 6) is -1.01. The Kier molecular flexibility index (Phi) is 4.26. The highest BCUT2D eigenvalue weighted by Gasteiger charge is 2.31. The van der Waals surface area contributed by atoms with Gasteiger partial charge in [-0.1, -0.05) is 5.21 Å². The lowest BCUT2D eigenvalue weighted by Gasteiger charge is -2.09. The van der Waals surface area contributed by atoms with E-state index in [2.05, 4.69) is 25.1 Å². The maximum absolute atomic E-state index is 12.3. The summed E-state index contributed by atoms with van der Waals surface area (Å²) in [5, 5.41) is 10.8. The first-order valence-corrected chi connectivity index (χ1v) is 7.11. The zero-order chi connectivity index (χ0) is 18.0. The molecule has 0 unspecified atom stereocenters. The lowest BCUT2D eigenvalue weighted by atomic mass is 10.1. The molecule has 0 aliphatic carbocycles. The van der Waals surface area contributed by atoms with E-state index in [4.69, 9.17) is 4.74 Å². The fourth-order valence-electron chi connectivity index (χ4n) is 2.20. The Morgan fingerprint density at radius 1 is 1.24 bits per heavy atom. The van der Waals surface area contributed by atoms with Gasteiger partial charge in [-0.2, -0.15) is 0 Å². The lowest BCUT2D eigenvalue weighted by molar-refractivity contribution is -0.274. The van der Waals surface area contributed by atoms with Crippen LogP contribution in [0.4, 0.5) is 13.2 Å². The van der Waals surface area contributed by atoms with Gasteiger partial charge in [0.15, 0.2) is 5.69 Å². The molecule has 3 aromatic rings. The molecule has 1 N–H and O–H groups in total. The fraction of sp³-hybridized carbons (Fsp3) is 0.200. The number of carbonyl (C=O) groups excluding carboxylic acids is 1. The summed E-state index contributed by atoms with van der Waals surface area (Å²) >= 11 is 0. The minimum absolute atomic E-state index is 0.0106. The zero-order valence-electron chi connectivity index (χ0n) is 12.8. The Morgan fingerprint density at radius 3 is 2.76 bits per heavy atom. The molecule has 0 atom stereocenters. The number of pyridine rings is 1. The van der Waals surface area contributed by atoms with Gasteiger partial charge in [0.2, 0.25) is 0 Å². The summed E-state index contributed by atoms with van der Waals surface area (Å²) in [6.07, 6.45) is -3.33. The number of esters is 1. The van der Waals surface area contributed by atoms with Crippen LogP contribution in [0.25, 0.3) is 22.2 Å². The largest absolute Gasteiger partial charge is 0.573 e. The highest BCUT2D eigenvalue weighted by molar-refractivity contribution is 5.95. The van der Waals surface area contributed by atoms with Crippen molar-refractivity contribution in [2.45, 2.75) is 13.3 Å². The fourth-order valence-corrected chi connectivity index (χ4v) is 2.20. The normalized spacial score (nSPS) is 11.5. The van der Waals surface area contributed by atoms with E-state index < -0.39 is 12.3 Å². The molecule has 0 fully saturated rings. The molecule has 0 aliphatic rings. The van der Waals surface area contributed by atoms with E-state index in [-0.39, 0.29) is 29.4 Å². The number of rotatable bonds is 4. The average molecular weight is 352 g/mol. The molecule has 1 aromatic carbocycles. The number of fused-ring (bicyclic) bond motifs is 1. The Morgan fingerprint density at radius 2 is 2.04 bits per heavy atom. The molecular weight excluding hydrogens is 341 g/mol. The van der Waals surface area contributed by atoms with E-state index in [1.807, 2.05) is 0 Å². The van der Waals surface area contributed by atoms with Crippen molar-refractivity contribution in [2.75, 3.05) is 6.61 Å². The van der Waals surface area contributed by atoms with E-state index in [0.29, 0.717) is 10.8 Å². The van der Waals surface area contributed by atoms with Gasteiger partial charge in [-0.25, -0.2) is 4.79 Å². The Hall–Kier alpha value is -3.17. The number of benzene rings is 1. The molecule has 0 radical (unpaired) electrons. The molecule has 10 heteroatoms. The predicted molar refractivity (Wildman–Crippen MR) is 79.8 cm³/mol. The van der Waals surface area contributed by atoms with Crippen molar-refractivity contribution >= 4 is 16.7 Å². The van der Waals surface area contributed by atoms with Crippen LogP contribution in [0.3, 0.4) is 0 Å². The number of alkyl halides is 3. The molecule has 0 bridgehead atoms. The molecule has 7 nitrogen and oxygen atoms in total. The predicted octanol–water partition coefficient (Wildman–Crippen LogP) is 3.10. The van der Waals surface area contributed by atoms with Gasteiger partial charge in [-0.3, -0.25) is 10.1 Å². The minimum Gasteiger partial charge on any atom is -0.461 e. The van der Waals surface area contributed by atoms with Crippen LogP contribution in [-0.4, -0.2) is 39.3 Å². The molecule has 0 spiro atoms. The maximum Gasteiger partial charge on any atom is 0.573 e. The first-order chi connectivity index (χ1) is 11.9. The molecule has 3 rings (SSSR count). The summed E-state index contributed by atoms with van der Waals surface area (Å²) < 4.78 is 45.8. The minimum atomic E-state index is -4.78. The zero-order valence-corrected chi connectivity index (χ0v) is 12.8. The smallest absolute Gasteiger partial charge is 0.461 e. The third-order valence-electron chi connectivity index (χ3n) is 3.20. The van der Waals surface area contributed by atoms with E-state index in [1.54, 1.807) is 6.92 Å². The number of H-pyrrole nitrogens is 1. The molecule has 2 aromatic heterocycles. The van der Waals surface area contributed by atoms with E-state index >= 15 is 0 Å². The molecule has 0 amide bonds. The first kappa shape index (κ1) is 16.7. The summed E-state index contributed by atoms with van der Waals surface area (Å²) in [5.41, 5.74) is 0.410. The Balaban J connectivity index is 2.01. The lowest BCUT2D eigenvalue weighted by Crippen LogP contribution is -2.16. The van der Waals surface area contributed by atoms with Crippen molar-refractivity contribution in [3.63, 3.8) is 0 Å². The van der Waals surface area contributed by atoms with Crippen LogP contribution < -0.4 is 4.74 Å². The van der Waals surface area contributed by atoms with Crippen molar-refractivity contribution in [3.8, 4) is 17.1 Å². The monoisotopic (exact) mass is 352 g/mol. The molecule has 0 saturated heterocycles. The third-order valence-corrected chi connectivity index (χ3v) is 3.20. The van der Waals surface area contributed by atoms with E-state index in [0.717, 1.165) is 0 Å². The quantitative estimate of drug-likeness (QED) is 0.726. The molecule has 2 heterocycles. The van der Waals surface area contributed by atoms with Crippen molar-refractivity contribution in [1.29, 1.82) is 0 Å². The van der Waals surface area contributed by atoms with Crippen LogP contribution in [0.5, 0.6) is 5.75 Å². The third kappa shape index (κ3) is 3.67. The molecule has 25 heavy (non-hydrogen) atoms. The van der Waals surface area contributed by atoms with Gasteiger partial charge in [-0.05, 0) is 36.6 Å². The van der Waals surface area contributed by atoms with Gasteiger partial charge in [0.05, 0.1) is 12.3 Å². The van der Waals surface area contributed by atoms with Gasteiger partial charge in [0, 0.05) is 11.6 Å². The summed E-state index contributed by atoms with van der Waals surface area (Å²) in [6.45, 7) is 1.82. The van der Waals surface area contributed by atoms with Crippen LogP contribution >= 0.6 is 0 Å². The number of aromatic nitrogens is 4. The van der Waals surface area contributed by atoms with Crippen molar-refractivity contribution < 1.29 is 27.4 Å². The first-order valence-electron chi connectivity index (χ1n) is 7.11. The van der Waals surface area contributed by atoms with Crippen LogP contribution in [0.1, 0.15) is 17.4 Å². The number of ether oxygens (including phenoxy) is 2. The standard InChI is InChI=1S/C15H11F3N4O3/c1-2-24-14(23)13-12(20-22-21-13)11-6-9-5-10(25-15(16,17)18)4-3-8(9)7-19-11/h3-7H,2H2,1H3,(H,20,21,22). The number of aromatic amines is 1. The Bertz CT molecular complexity index is 924. The van der Waals surface area contributed by atoms with Crippen LogP contribution in [0, 0.1) is 0 Å². The van der Waals surface area contributed by atoms with Gasteiger partial charge in [0.1, 0.15) is 11.4 Å². The van der Waals surface area contributed by atoms with Crippen LogP contribution in [0.15, 0.2) is 30.5 Å². The second kappa shape index (κ2) is 6.38. The van der Waals surface area contributed by atoms with Crippen molar-refractivity contribution in [1.82, 2.24) is 20.4 Å². The number of hydrogen-bond donors (Lipinski definition) is 1. The second-order valence-corrected chi connectivity index (χ2v) is 4.88. The second-order valence-electron chi connectivity index (χ2n) is 4.88. The van der Waals surface area contributed by atoms with Gasteiger partial charge >= 0.3 is 12.3 Å². The number of nitrogens with zero attached hydrogens (tertiary/aromatic N) is 3. The topological polar surface area (TPSA) is 90.0 Å². The van der Waals surface area contributed by atoms with Crippen molar-refractivity contribution in [3.05, 3.63) is 36.2 Å². The summed E-state index contributed by atoms with van der Waals surface area (Å²) in [7, 11) is 0. The molecule has 130 valence electrons. The van der Waals surface area contributed by atoms with Crippen LogP contribution in [0.2, 0.25) is 0 Å². The van der Waals surface area contributed by atoms with Gasteiger partial charge in [-0.15, -0.1) is 18.3 Å². The molecule has 0 aliphatic heterocycles. The Labute approximate surface area is 138 Å². The molecule has 0 saturated carbocycles. The number of halogens is 3. The average Bonchev–Trinajstić information content (AvgIpc) is 3.02.